The van der Waals surface area contributed by atoms with E-state index in [2.05, 4.69) is 15.9 Å². The maximum absolute atomic E-state index is 11.4. The van der Waals surface area contributed by atoms with Crippen LogP contribution < -0.4 is 4.74 Å². The quantitative estimate of drug-likeness (QED) is 0.742. The number of benzene rings is 2. The van der Waals surface area contributed by atoms with Gasteiger partial charge in [0.1, 0.15) is 12.4 Å². The number of halogens is 2. The molecule has 98 valence electrons. The summed E-state index contributed by atoms with van der Waals surface area (Å²) < 4.78 is 6.30. The maximum atomic E-state index is 11.4. The molecule has 0 unspecified atom stereocenters. The number of ether oxygens (including phenoxy) is 1. The number of ketones is 1. The molecule has 2 rings (SSSR count). The normalized spacial score (nSPS) is 10.3. The zero-order valence-corrected chi connectivity index (χ0v) is 12.7. The molecule has 0 spiro atoms. The van der Waals surface area contributed by atoms with Crippen LogP contribution in [0.15, 0.2) is 46.9 Å². The monoisotopic (exact) mass is 338 g/mol. The van der Waals surface area contributed by atoms with E-state index in [-0.39, 0.29) is 5.78 Å². The van der Waals surface area contributed by atoms with Crippen LogP contribution in [0.2, 0.25) is 5.02 Å². The standard InChI is InChI=1S/C15H12BrClO2/c1-10(18)12-7-8-13(14(16)15(12)17)19-9-11-5-3-2-4-6-11/h2-8H,9H2,1H3. The second kappa shape index (κ2) is 6.22. The largest absolute Gasteiger partial charge is 0.488 e. The van der Waals surface area contributed by atoms with E-state index in [1.807, 2.05) is 30.3 Å². The third-order valence-electron chi connectivity index (χ3n) is 2.66. The van der Waals surface area contributed by atoms with Crippen LogP contribution in [-0.2, 0) is 6.61 Å². The van der Waals surface area contributed by atoms with Gasteiger partial charge in [-0.25, -0.2) is 0 Å². The minimum Gasteiger partial charge on any atom is -0.488 e. The molecule has 0 aliphatic heterocycles. The van der Waals surface area contributed by atoms with E-state index in [0.717, 1.165) is 5.56 Å². The summed E-state index contributed by atoms with van der Waals surface area (Å²) in [6.45, 7) is 1.94. The van der Waals surface area contributed by atoms with Gasteiger partial charge in [-0.15, -0.1) is 0 Å². The van der Waals surface area contributed by atoms with E-state index >= 15 is 0 Å². The first kappa shape index (κ1) is 14.1. The molecule has 0 amide bonds. The van der Waals surface area contributed by atoms with Crippen molar-refractivity contribution in [3.8, 4) is 5.75 Å². The third kappa shape index (κ3) is 3.37. The highest BCUT2D eigenvalue weighted by Crippen LogP contribution is 2.35. The van der Waals surface area contributed by atoms with Gasteiger partial charge in [-0.05, 0) is 40.5 Å². The Hall–Kier alpha value is -1.32. The minimum absolute atomic E-state index is 0.0692. The molecule has 2 aromatic carbocycles. The molecule has 0 atom stereocenters. The highest BCUT2D eigenvalue weighted by atomic mass is 79.9. The predicted octanol–water partition coefficient (Wildman–Crippen LogP) is 4.88. The average molecular weight is 340 g/mol. The molecule has 0 radical (unpaired) electrons. The minimum atomic E-state index is -0.0692. The van der Waals surface area contributed by atoms with Crippen molar-refractivity contribution in [2.75, 3.05) is 0 Å². The van der Waals surface area contributed by atoms with E-state index in [4.69, 9.17) is 16.3 Å². The van der Waals surface area contributed by atoms with Gasteiger partial charge in [0, 0.05) is 5.56 Å². The lowest BCUT2D eigenvalue weighted by molar-refractivity contribution is 0.101. The van der Waals surface area contributed by atoms with Gasteiger partial charge in [-0.2, -0.15) is 0 Å². The van der Waals surface area contributed by atoms with Crippen LogP contribution in [-0.4, -0.2) is 5.78 Å². The highest BCUT2D eigenvalue weighted by molar-refractivity contribution is 9.10. The molecule has 0 aliphatic rings. The summed E-state index contributed by atoms with van der Waals surface area (Å²) in [5.41, 5.74) is 1.56. The Kier molecular flexibility index (Phi) is 4.61. The molecule has 19 heavy (non-hydrogen) atoms. The third-order valence-corrected chi connectivity index (χ3v) is 4.07. The fourth-order valence-electron chi connectivity index (χ4n) is 1.65. The van der Waals surface area contributed by atoms with Gasteiger partial charge < -0.3 is 4.74 Å². The number of hydrogen-bond acceptors (Lipinski definition) is 2. The van der Waals surface area contributed by atoms with Gasteiger partial charge >= 0.3 is 0 Å². The summed E-state index contributed by atoms with van der Waals surface area (Å²) >= 11 is 9.49. The van der Waals surface area contributed by atoms with E-state index in [9.17, 15) is 4.79 Å². The topological polar surface area (TPSA) is 26.3 Å². The van der Waals surface area contributed by atoms with Crippen molar-refractivity contribution < 1.29 is 9.53 Å². The molecule has 0 aromatic heterocycles. The van der Waals surface area contributed by atoms with Crippen molar-refractivity contribution in [3.63, 3.8) is 0 Å². The fraction of sp³-hybridized carbons (Fsp3) is 0.133. The Bertz CT molecular complexity index is 597. The number of carbonyl (C=O) groups is 1. The second-order valence-corrected chi connectivity index (χ2v) is 5.24. The van der Waals surface area contributed by atoms with Crippen LogP contribution in [0, 0.1) is 0 Å². The highest BCUT2D eigenvalue weighted by Gasteiger charge is 2.13. The Morgan fingerprint density at radius 1 is 1.21 bits per heavy atom. The van der Waals surface area contributed by atoms with Crippen molar-refractivity contribution in [2.24, 2.45) is 0 Å². The van der Waals surface area contributed by atoms with E-state index < -0.39 is 0 Å². The Labute approximate surface area is 125 Å². The van der Waals surface area contributed by atoms with Gasteiger partial charge in [-0.3, -0.25) is 4.79 Å². The molecule has 0 fully saturated rings. The molecular weight excluding hydrogens is 328 g/mol. The second-order valence-electron chi connectivity index (χ2n) is 4.07. The lowest BCUT2D eigenvalue weighted by atomic mass is 10.1. The van der Waals surface area contributed by atoms with Crippen LogP contribution in [0.4, 0.5) is 0 Å². The first-order valence-electron chi connectivity index (χ1n) is 5.75. The molecule has 2 nitrogen and oxygen atoms in total. The zero-order chi connectivity index (χ0) is 13.8. The van der Waals surface area contributed by atoms with Crippen LogP contribution in [0.3, 0.4) is 0 Å². The van der Waals surface area contributed by atoms with Gasteiger partial charge in [-0.1, -0.05) is 41.9 Å². The van der Waals surface area contributed by atoms with Gasteiger partial charge in [0.25, 0.3) is 0 Å². The Morgan fingerprint density at radius 2 is 1.89 bits per heavy atom. The summed E-state index contributed by atoms with van der Waals surface area (Å²) in [4.78, 5) is 11.4. The van der Waals surface area contributed by atoms with Gasteiger partial charge in [0.2, 0.25) is 0 Å². The zero-order valence-electron chi connectivity index (χ0n) is 10.3. The molecule has 0 saturated heterocycles. The van der Waals surface area contributed by atoms with Crippen LogP contribution in [0.5, 0.6) is 5.75 Å². The van der Waals surface area contributed by atoms with Crippen molar-refractivity contribution in [2.45, 2.75) is 13.5 Å². The van der Waals surface area contributed by atoms with Crippen molar-refractivity contribution >= 4 is 33.3 Å². The summed E-state index contributed by atoms with van der Waals surface area (Å²) in [6.07, 6.45) is 0. The molecule has 4 heteroatoms. The predicted molar refractivity (Wildman–Crippen MR) is 79.9 cm³/mol. The van der Waals surface area contributed by atoms with Crippen molar-refractivity contribution in [3.05, 3.63) is 63.1 Å². The van der Waals surface area contributed by atoms with Gasteiger partial charge in [0.05, 0.1) is 9.50 Å². The number of carbonyl (C=O) groups excluding carboxylic acids is 1. The first-order chi connectivity index (χ1) is 9.09. The van der Waals surface area contributed by atoms with Crippen LogP contribution >= 0.6 is 27.5 Å². The van der Waals surface area contributed by atoms with E-state index in [0.29, 0.717) is 27.4 Å². The summed E-state index contributed by atoms with van der Waals surface area (Å²) in [5.74, 6) is 0.555. The molecule has 0 saturated carbocycles. The molecule has 0 N–H and O–H groups in total. The Morgan fingerprint density at radius 3 is 2.53 bits per heavy atom. The van der Waals surface area contributed by atoms with Crippen LogP contribution in [0.25, 0.3) is 0 Å². The summed E-state index contributed by atoms with van der Waals surface area (Å²) in [5, 5.41) is 0.387. The number of rotatable bonds is 4. The van der Waals surface area contributed by atoms with Crippen molar-refractivity contribution in [1.29, 1.82) is 0 Å². The maximum Gasteiger partial charge on any atom is 0.161 e. The molecule has 0 heterocycles. The van der Waals surface area contributed by atoms with E-state index in [1.54, 1.807) is 12.1 Å². The number of hydrogen-bond donors (Lipinski definition) is 0. The van der Waals surface area contributed by atoms with E-state index in [1.165, 1.54) is 6.92 Å². The van der Waals surface area contributed by atoms with Gasteiger partial charge in [0.15, 0.2) is 5.78 Å². The molecule has 0 aliphatic carbocycles. The number of Topliss-reactive ketones (excluding diaryl/α,β-unsaturated/α-hetero) is 1. The summed E-state index contributed by atoms with van der Waals surface area (Å²) in [6, 6.07) is 13.3. The van der Waals surface area contributed by atoms with Crippen LogP contribution in [0.1, 0.15) is 22.8 Å². The lowest BCUT2D eigenvalue weighted by Gasteiger charge is -2.11. The first-order valence-corrected chi connectivity index (χ1v) is 6.92. The van der Waals surface area contributed by atoms with Crippen molar-refractivity contribution in [1.82, 2.24) is 0 Å². The molecule has 0 bridgehead atoms. The Balaban J connectivity index is 2.18. The molecule has 2 aromatic rings. The molecular formula is C15H12BrClO2. The smallest absolute Gasteiger partial charge is 0.161 e. The lowest BCUT2D eigenvalue weighted by Crippen LogP contribution is -1.99. The average Bonchev–Trinajstić information content (AvgIpc) is 2.41. The SMILES string of the molecule is CC(=O)c1ccc(OCc2ccccc2)c(Br)c1Cl. The summed E-state index contributed by atoms with van der Waals surface area (Å²) in [7, 11) is 0. The fourth-order valence-corrected chi connectivity index (χ4v) is 2.40.